The molecule has 1 aromatic carbocycles. The van der Waals surface area contributed by atoms with Crippen molar-refractivity contribution in [3.8, 4) is 6.07 Å². The Labute approximate surface area is 108 Å². The normalized spacial score (nSPS) is 16.4. The molecule has 0 amide bonds. The van der Waals surface area contributed by atoms with Crippen LogP contribution in [0, 0.1) is 17.2 Å². The van der Waals surface area contributed by atoms with Gasteiger partial charge in [0, 0.05) is 4.90 Å². The molecule has 1 aliphatic rings. The van der Waals surface area contributed by atoms with E-state index in [1.165, 1.54) is 41.7 Å². The maximum atomic E-state index is 9.13. The molecule has 0 spiro atoms. The third-order valence-corrected chi connectivity index (χ3v) is 4.75. The molecule has 1 aromatic rings. The van der Waals surface area contributed by atoms with E-state index >= 15 is 0 Å². The van der Waals surface area contributed by atoms with Gasteiger partial charge in [0.2, 0.25) is 0 Å². The SMILES string of the molecule is CC(C)C(C#N)Sc1ccc2c(c1)CCCC2. The summed E-state index contributed by atoms with van der Waals surface area (Å²) in [4.78, 5) is 1.26. The van der Waals surface area contributed by atoms with Gasteiger partial charge in [0.05, 0.1) is 11.3 Å². The van der Waals surface area contributed by atoms with Crippen molar-refractivity contribution in [2.75, 3.05) is 0 Å². The largest absolute Gasteiger partial charge is 0.197 e. The minimum Gasteiger partial charge on any atom is -0.197 e. The number of rotatable bonds is 3. The first kappa shape index (κ1) is 12.5. The van der Waals surface area contributed by atoms with Gasteiger partial charge in [-0.3, -0.25) is 0 Å². The van der Waals surface area contributed by atoms with E-state index < -0.39 is 0 Å². The summed E-state index contributed by atoms with van der Waals surface area (Å²) in [6.45, 7) is 4.22. The average molecular weight is 245 g/mol. The third-order valence-electron chi connectivity index (χ3n) is 3.32. The first-order valence-corrected chi connectivity index (χ1v) is 7.26. The Bertz CT molecular complexity index is 431. The standard InChI is InChI=1S/C15H19NS/c1-11(2)15(10-16)17-14-8-7-12-5-3-4-6-13(12)9-14/h7-9,11,15H,3-6H2,1-2H3. The van der Waals surface area contributed by atoms with Crippen LogP contribution in [0.2, 0.25) is 0 Å². The Hall–Kier alpha value is -0.940. The summed E-state index contributed by atoms with van der Waals surface area (Å²) in [6.07, 6.45) is 5.08. The molecule has 0 aromatic heterocycles. The first-order chi connectivity index (χ1) is 8.20. The summed E-state index contributed by atoms with van der Waals surface area (Å²) in [5, 5.41) is 9.19. The Morgan fingerprint density at radius 3 is 2.53 bits per heavy atom. The molecule has 1 atom stereocenters. The van der Waals surface area contributed by atoms with Crippen molar-refractivity contribution in [1.82, 2.24) is 0 Å². The van der Waals surface area contributed by atoms with Crippen LogP contribution in [0.4, 0.5) is 0 Å². The molecule has 90 valence electrons. The highest BCUT2D eigenvalue weighted by Gasteiger charge is 2.15. The minimum atomic E-state index is 0.0663. The summed E-state index contributed by atoms with van der Waals surface area (Å²) >= 11 is 1.71. The lowest BCUT2D eigenvalue weighted by molar-refractivity contribution is 0.680. The van der Waals surface area contributed by atoms with Gasteiger partial charge in [0.1, 0.15) is 0 Å². The van der Waals surface area contributed by atoms with Gasteiger partial charge in [0.25, 0.3) is 0 Å². The van der Waals surface area contributed by atoms with Crippen LogP contribution in [0.3, 0.4) is 0 Å². The van der Waals surface area contributed by atoms with Crippen molar-refractivity contribution in [2.45, 2.75) is 49.7 Å². The Morgan fingerprint density at radius 1 is 1.18 bits per heavy atom. The van der Waals surface area contributed by atoms with Crippen molar-refractivity contribution in [3.05, 3.63) is 29.3 Å². The van der Waals surface area contributed by atoms with Crippen LogP contribution in [0.1, 0.15) is 37.8 Å². The fourth-order valence-corrected chi connectivity index (χ4v) is 3.22. The van der Waals surface area contributed by atoms with E-state index in [4.69, 9.17) is 5.26 Å². The van der Waals surface area contributed by atoms with Gasteiger partial charge >= 0.3 is 0 Å². The van der Waals surface area contributed by atoms with Gasteiger partial charge in [0.15, 0.2) is 0 Å². The molecular formula is C15H19NS. The second kappa shape index (κ2) is 5.60. The number of fused-ring (bicyclic) bond motifs is 1. The number of nitrogens with zero attached hydrogens (tertiary/aromatic N) is 1. The fraction of sp³-hybridized carbons (Fsp3) is 0.533. The molecule has 0 bridgehead atoms. The van der Waals surface area contributed by atoms with Crippen molar-refractivity contribution in [3.63, 3.8) is 0 Å². The molecule has 17 heavy (non-hydrogen) atoms. The van der Waals surface area contributed by atoms with Gasteiger partial charge in [-0.05, 0) is 54.9 Å². The molecular weight excluding hydrogens is 226 g/mol. The Balaban J connectivity index is 2.14. The molecule has 0 aliphatic heterocycles. The van der Waals surface area contributed by atoms with E-state index in [0.29, 0.717) is 5.92 Å². The molecule has 0 radical (unpaired) electrons. The predicted molar refractivity (Wildman–Crippen MR) is 73.2 cm³/mol. The smallest absolute Gasteiger partial charge is 0.0986 e. The van der Waals surface area contributed by atoms with Crippen molar-refractivity contribution >= 4 is 11.8 Å². The molecule has 2 rings (SSSR count). The highest BCUT2D eigenvalue weighted by atomic mass is 32.2. The minimum absolute atomic E-state index is 0.0663. The number of hydrogen-bond acceptors (Lipinski definition) is 2. The monoisotopic (exact) mass is 245 g/mol. The van der Waals surface area contributed by atoms with Crippen LogP contribution in [0.15, 0.2) is 23.1 Å². The lowest BCUT2D eigenvalue weighted by Crippen LogP contribution is -2.08. The topological polar surface area (TPSA) is 23.8 Å². The lowest BCUT2D eigenvalue weighted by atomic mass is 9.92. The molecule has 0 heterocycles. The zero-order valence-electron chi connectivity index (χ0n) is 10.6. The van der Waals surface area contributed by atoms with E-state index in [-0.39, 0.29) is 5.25 Å². The summed E-state index contributed by atoms with van der Waals surface area (Å²) in [7, 11) is 0. The summed E-state index contributed by atoms with van der Waals surface area (Å²) in [5.41, 5.74) is 3.01. The quantitative estimate of drug-likeness (QED) is 0.745. The number of hydrogen-bond donors (Lipinski definition) is 0. The average Bonchev–Trinajstić information content (AvgIpc) is 2.35. The van der Waals surface area contributed by atoms with Crippen LogP contribution < -0.4 is 0 Å². The van der Waals surface area contributed by atoms with Crippen LogP contribution >= 0.6 is 11.8 Å². The van der Waals surface area contributed by atoms with Crippen LogP contribution in [0.5, 0.6) is 0 Å². The number of thioether (sulfide) groups is 1. The molecule has 0 saturated carbocycles. The highest BCUT2D eigenvalue weighted by molar-refractivity contribution is 8.00. The van der Waals surface area contributed by atoms with E-state index in [1.807, 2.05) is 0 Å². The zero-order valence-corrected chi connectivity index (χ0v) is 11.4. The number of benzene rings is 1. The molecule has 2 heteroatoms. The van der Waals surface area contributed by atoms with Crippen LogP contribution in [-0.4, -0.2) is 5.25 Å². The van der Waals surface area contributed by atoms with Crippen molar-refractivity contribution in [2.24, 2.45) is 5.92 Å². The van der Waals surface area contributed by atoms with Gasteiger partial charge < -0.3 is 0 Å². The number of nitriles is 1. The van der Waals surface area contributed by atoms with Gasteiger partial charge in [-0.1, -0.05) is 19.9 Å². The zero-order chi connectivity index (χ0) is 12.3. The summed E-state index contributed by atoms with van der Waals surface area (Å²) in [5.74, 6) is 0.404. The second-order valence-electron chi connectivity index (χ2n) is 5.05. The Morgan fingerprint density at radius 2 is 1.88 bits per heavy atom. The Kier molecular flexibility index (Phi) is 4.12. The fourth-order valence-electron chi connectivity index (χ4n) is 2.24. The summed E-state index contributed by atoms with van der Waals surface area (Å²) in [6, 6.07) is 9.13. The van der Waals surface area contributed by atoms with E-state index in [2.05, 4.69) is 38.1 Å². The van der Waals surface area contributed by atoms with Gasteiger partial charge in [-0.2, -0.15) is 5.26 Å². The van der Waals surface area contributed by atoms with Crippen LogP contribution in [-0.2, 0) is 12.8 Å². The number of aryl methyl sites for hydroxylation is 2. The molecule has 1 unspecified atom stereocenters. The maximum absolute atomic E-state index is 9.13. The molecule has 1 aliphatic carbocycles. The van der Waals surface area contributed by atoms with Crippen LogP contribution in [0.25, 0.3) is 0 Å². The van der Waals surface area contributed by atoms with E-state index in [9.17, 15) is 0 Å². The maximum Gasteiger partial charge on any atom is 0.0986 e. The van der Waals surface area contributed by atoms with Gasteiger partial charge in [-0.25, -0.2) is 0 Å². The van der Waals surface area contributed by atoms with E-state index in [1.54, 1.807) is 11.8 Å². The molecule has 0 N–H and O–H groups in total. The molecule has 0 saturated heterocycles. The first-order valence-electron chi connectivity index (χ1n) is 6.39. The predicted octanol–water partition coefficient (Wildman–Crippen LogP) is 4.21. The second-order valence-corrected chi connectivity index (χ2v) is 6.26. The molecule has 1 nitrogen and oxygen atoms in total. The van der Waals surface area contributed by atoms with Crippen molar-refractivity contribution in [1.29, 1.82) is 5.26 Å². The van der Waals surface area contributed by atoms with E-state index in [0.717, 1.165) is 0 Å². The summed E-state index contributed by atoms with van der Waals surface area (Å²) < 4.78 is 0. The lowest BCUT2D eigenvalue weighted by Gasteiger charge is -2.18. The van der Waals surface area contributed by atoms with Crippen molar-refractivity contribution < 1.29 is 0 Å². The third kappa shape index (κ3) is 3.04. The highest BCUT2D eigenvalue weighted by Crippen LogP contribution is 2.31. The van der Waals surface area contributed by atoms with Gasteiger partial charge in [-0.15, -0.1) is 11.8 Å². The molecule has 0 fully saturated rings.